The number of carbonyl (C=O) groups is 1. The van der Waals surface area contributed by atoms with Gasteiger partial charge in [-0.2, -0.15) is 0 Å². The fraction of sp³-hybridized carbons (Fsp3) is 0.667. The molecule has 0 N–H and O–H groups in total. The lowest BCUT2D eigenvalue weighted by Crippen LogP contribution is -2.60. The van der Waals surface area contributed by atoms with Crippen molar-refractivity contribution in [2.24, 2.45) is 11.8 Å². The number of piperidine rings is 1. The molecule has 0 radical (unpaired) electrons. The van der Waals surface area contributed by atoms with Gasteiger partial charge in [-0.15, -0.1) is 0 Å². The Morgan fingerprint density at radius 3 is 2.87 bits per heavy atom. The Labute approximate surface area is 137 Å². The molecule has 1 aliphatic carbocycles. The van der Waals surface area contributed by atoms with Crippen molar-refractivity contribution in [3.63, 3.8) is 0 Å². The standard InChI is InChI=1S/C18H25N3O2/c1-13-10-15(13)18(22)21-7-4-17-16(12-21)20(8-9-23-17)11-14-2-5-19-6-3-14/h2-3,5-6,13,15-17H,4,7-12H2,1H3/t13-,15+,16-,17-/m0/s1. The number of carbonyl (C=O) groups excluding carboxylic acids is 1. The minimum atomic E-state index is 0.270. The maximum absolute atomic E-state index is 12.6. The zero-order chi connectivity index (χ0) is 15.8. The Morgan fingerprint density at radius 2 is 2.13 bits per heavy atom. The lowest BCUT2D eigenvalue weighted by molar-refractivity contribution is -0.145. The summed E-state index contributed by atoms with van der Waals surface area (Å²) < 4.78 is 5.98. The van der Waals surface area contributed by atoms with Crippen LogP contribution in [-0.4, -0.2) is 59.1 Å². The number of aromatic nitrogens is 1. The molecule has 1 saturated carbocycles. The van der Waals surface area contributed by atoms with Crippen LogP contribution in [0.3, 0.4) is 0 Å². The van der Waals surface area contributed by atoms with Gasteiger partial charge in [-0.05, 0) is 36.5 Å². The van der Waals surface area contributed by atoms with Crippen molar-refractivity contribution in [1.29, 1.82) is 0 Å². The van der Waals surface area contributed by atoms with E-state index in [1.807, 2.05) is 12.4 Å². The molecular formula is C18H25N3O2. The Morgan fingerprint density at radius 1 is 1.35 bits per heavy atom. The quantitative estimate of drug-likeness (QED) is 0.849. The number of ether oxygens (including phenoxy) is 1. The number of hydrogen-bond donors (Lipinski definition) is 0. The second-order valence-electron chi connectivity index (χ2n) is 7.19. The molecule has 0 bridgehead atoms. The molecule has 1 aromatic rings. The third-order valence-corrected chi connectivity index (χ3v) is 5.57. The van der Waals surface area contributed by atoms with Crippen LogP contribution in [0.5, 0.6) is 0 Å². The Balaban J connectivity index is 1.44. The lowest BCUT2D eigenvalue weighted by atomic mass is 9.97. The number of hydrogen-bond acceptors (Lipinski definition) is 4. The SMILES string of the molecule is C[C@H]1C[C@H]1C(=O)N1CC[C@@H]2OCCN(Cc3ccncc3)[C@H]2C1. The summed E-state index contributed by atoms with van der Waals surface area (Å²) in [6.07, 6.45) is 5.99. The summed E-state index contributed by atoms with van der Waals surface area (Å²) in [5.41, 5.74) is 1.28. The van der Waals surface area contributed by atoms with E-state index >= 15 is 0 Å². The highest BCUT2D eigenvalue weighted by atomic mass is 16.5. The molecule has 4 atom stereocenters. The van der Waals surface area contributed by atoms with Crippen LogP contribution >= 0.6 is 0 Å². The maximum Gasteiger partial charge on any atom is 0.226 e. The average Bonchev–Trinajstić information content (AvgIpc) is 3.32. The van der Waals surface area contributed by atoms with E-state index in [9.17, 15) is 4.79 Å². The molecular weight excluding hydrogens is 290 g/mol. The normalized spacial score (nSPS) is 34.0. The van der Waals surface area contributed by atoms with Gasteiger partial charge in [-0.25, -0.2) is 0 Å². The molecule has 3 fully saturated rings. The summed E-state index contributed by atoms with van der Waals surface area (Å²) in [5.74, 6) is 1.23. The molecule has 1 amide bonds. The average molecular weight is 315 g/mol. The summed E-state index contributed by atoms with van der Waals surface area (Å²) in [7, 11) is 0. The predicted molar refractivity (Wildman–Crippen MR) is 86.6 cm³/mol. The highest BCUT2D eigenvalue weighted by Crippen LogP contribution is 2.40. The minimum absolute atomic E-state index is 0.270. The van der Waals surface area contributed by atoms with Crippen molar-refractivity contribution in [2.75, 3.05) is 26.2 Å². The molecule has 2 saturated heterocycles. The van der Waals surface area contributed by atoms with Gasteiger partial charge >= 0.3 is 0 Å². The molecule has 5 nitrogen and oxygen atoms in total. The monoisotopic (exact) mass is 315 g/mol. The van der Waals surface area contributed by atoms with Gasteiger partial charge in [-0.1, -0.05) is 6.92 Å². The van der Waals surface area contributed by atoms with Gasteiger partial charge in [0.2, 0.25) is 5.91 Å². The highest BCUT2D eigenvalue weighted by molar-refractivity contribution is 5.81. The van der Waals surface area contributed by atoms with Crippen LogP contribution in [0.25, 0.3) is 0 Å². The van der Waals surface area contributed by atoms with E-state index in [0.29, 0.717) is 17.9 Å². The van der Waals surface area contributed by atoms with Crippen molar-refractivity contribution in [1.82, 2.24) is 14.8 Å². The second kappa shape index (κ2) is 6.21. The topological polar surface area (TPSA) is 45.7 Å². The number of likely N-dealkylation sites (tertiary alicyclic amines) is 1. The first kappa shape index (κ1) is 15.1. The van der Waals surface area contributed by atoms with Crippen molar-refractivity contribution in [3.8, 4) is 0 Å². The Kier molecular flexibility index (Phi) is 4.07. The molecule has 1 aromatic heterocycles. The third kappa shape index (κ3) is 3.12. The zero-order valence-corrected chi connectivity index (χ0v) is 13.7. The molecule has 3 aliphatic rings. The van der Waals surface area contributed by atoms with E-state index in [1.54, 1.807) is 0 Å². The van der Waals surface area contributed by atoms with Crippen LogP contribution < -0.4 is 0 Å². The first-order valence-corrected chi connectivity index (χ1v) is 8.75. The van der Waals surface area contributed by atoms with E-state index in [-0.39, 0.29) is 12.0 Å². The number of nitrogens with zero attached hydrogens (tertiary/aromatic N) is 3. The first-order chi connectivity index (χ1) is 11.2. The second-order valence-corrected chi connectivity index (χ2v) is 7.19. The molecule has 0 spiro atoms. The van der Waals surface area contributed by atoms with Gasteiger partial charge in [0, 0.05) is 44.5 Å². The molecule has 2 aliphatic heterocycles. The summed E-state index contributed by atoms with van der Waals surface area (Å²) in [5, 5.41) is 0. The summed E-state index contributed by atoms with van der Waals surface area (Å²) in [6.45, 7) is 6.49. The van der Waals surface area contributed by atoms with Crippen LogP contribution in [0.1, 0.15) is 25.3 Å². The lowest BCUT2D eigenvalue weighted by Gasteiger charge is -2.47. The summed E-state index contributed by atoms with van der Waals surface area (Å²) in [6, 6.07) is 4.47. The summed E-state index contributed by atoms with van der Waals surface area (Å²) >= 11 is 0. The molecule has 5 heteroatoms. The first-order valence-electron chi connectivity index (χ1n) is 8.75. The van der Waals surface area contributed by atoms with Crippen LogP contribution in [0.15, 0.2) is 24.5 Å². The van der Waals surface area contributed by atoms with Crippen molar-refractivity contribution >= 4 is 5.91 Å². The van der Waals surface area contributed by atoms with Crippen molar-refractivity contribution < 1.29 is 9.53 Å². The predicted octanol–water partition coefficient (Wildman–Crippen LogP) is 1.54. The number of amides is 1. The van der Waals surface area contributed by atoms with E-state index in [0.717, 1.165) is 45.6 Å². The van der Waals surface area contributed by atoms with Crippen LogP contribution in [0, 0.1) is 11.8 Å². The molecule has 3 heterocycles. The van der Waals surface area contributed by atoms with Gasteiger partial charge in [0.1, 0.15) is 0 Å². The van der Waals surface area contributed by atoms with Crippen LogP contribution in [-0.2, 0) is 16.1 Å². The van der Waals surface area contributed by atoms with Crippen molar-refractivity contribution in [2.45, 2.75) is 38.5 Å². The number of pyridine rings is 1. The maximum atomic E-state index is 12.6. The molecule has 124 valence electrons. The summed E-state index contributed by atoms with van der Waals surface area (Å²) in [4.78, 5) is 21.2. The van der Waals surface area contributed by atoms with Crippen LogP contribution in [0.2, 0.25) is 0 Å². The number of fused-ring (bicyclic) bond motifs is 1. The third-order valence-electron chi connectivity index (χ3n) is 5.57. The Bertz CT molecular complexity index is 565. The van der Waals surface area contributed by atoms with E-state index in [4.69, 9.17) is 4.74 Å². The van der Waals surface area contributed by atoms with Gasteiger partial charge in [0.05, 0.1) is 18.8 Å². The fourth-order valence-electron chi connectivity index (χ4n) is 3.96. The molecule has 0 unspecified atom stereocenters. The minimum Gasteiger partial charge on any atom is -0.375 e. The highest BCUT2D eigenvalue weighted by Gasteiger charge is 2.45. The van der Waals surface area contributed by atoms with Gasteiger partial charge in [0.25, 0.3) is 0 Å². The van der Waals surface area contributed by atoms with Gasteiger partial charge in [-0.3, -0.25) is 14.7 Å². The van der Waals surface area contributed by atoms with E-state index in [1.165, 1.54) is 5.56 Å². The smallest absolute Gasteiger partial charge is 0.226 e. The molecule has 0 aromatic carbocycles. The van der Waals surface area contributed by atoms with E-state index < -0.39 is 0 Å². The van der Waals surface area contributed by atoms with Crippen molar-refractivity contribution in [3.05, 3.63) is 30.1 Å². The fourth-order valence-corrected chi connectivity index (χ4v) is 3.96. The number of rotatable bonds is 3. The molecule has 23 heavy (non-hydrogen) atoms. The Hall–Kier alpha value is -1.46. The van der Waals surface area contributed by atoms with Crippen LogP contribution in [0.4, 0.5) is 0 Å². The largest absolute Gasteiger partial charge is 0.375 e. The number of morpholine rings is 1. The molecule has 4 rings (SSSR count). The van der Waals surface area contributed by atoms with E-state index in [2.05, 4.69) is 33.8 Å². The zero-order valence-electron chi connectivity index (χ0n) is 13.7. The van der Waals surface area contributed by atoms with Gasteiger partial charge in [0.15, 0.2) is 0 Å². The van der Waals surface area contributed by atoms with Gasteiger partial charge < -0.3 is 9.64 Å².